The van der Waals surface area contributed by atoms with E-state index < -0.39 is 0 Å². The summed E-state index contributed by atoms with van der Waals surface area (Å²) in [4.78, 5) is 7.60. The molecule has 2 fully saturated rings. The molecule has 3 heterocycles. The number of nitrogens with one attached hydrogen (secondary N) is 2. The molecule has 0 saturated carbocycles. The van der Waals surface area contributed by atoms with Gasteiger partial charge in [-0.05, 0) is 57.8 Å². The Morgan fingerprint density at radius 2 is 2.04 bits per heavy atom. The molecule has 3 rings (SSSR count). The molecule has 0 atom stereocenters. The van der Waals surface area contributed by atoms with Gasteiger partial charge in [-0.15, -0.1) is 0 Å². The molecule has 6 heteroatoms. The lowest BCUT2D eigenvalue weighted by Gasteiger charge is -2.43. The average molecular weight is 348 g/mol. The molecule has 140 valence electrons. The van der Waals surface area contributed by atoms with Gasteiger partial charge in [-0.3, -0.25) is 9.89 Å². The van der Waals surface area contributed by atoms with E-state index in [1.165, 1.54) is 25.9 Å². The number of hydrogen-bond acceptors (Lipinski definition) is 4. The molecule has 2 saturated heterocycles. The van der Waals surface area contributed by atoms with Crippen LogP contribution >= 0.6 is 0 Å². The van der Waals surface area contributed by atoms with Crippen molar-refractivity contribution in [3.8, 4) is 0 Å². The largest absolute Gasteiger partial charge is 0.469 e. The summed E-state index contributed by atoms with van der Waals surface area (Å²) in [6.45, 7) is 8.76. The highest BCUT2D eigenvalue weighted by molar-refractivity contribution is 5.79. The number of ether oxygens (including phenoxy) is 1. The number of rotatable bonds is 7. The second-order valence-corrected chi connectivity index (χ2v) is 6.98. The fourth-order valence-corrected chi connectivity index (χ4v) is 3.84. The summed E-state index contributed by atoms with van der Waals surface area (Å²) >= 11 is 0. The van der Waals surface area contributed by atoms with E-state index in [-0.39, 0.29) is 5.54 Å². The van der Waals surface area contributed by atoms with E-state index in [9.17, 15) is 0 Å². The lowest BCUT2D eigenvalue weighted by Crippen LogP contribution is -2.54. The number of aliphatic imine (C=N–C) groups is 1. The van der Waals surface area contributed by atoms with Crippen LogP contribution in [0.25, 0.3) is 0 Å². The third-order valence-corrected chi connectivity index (χ3v) is 5.32. The Hall–Kier alpha value is -1.53. The highest BCUT2D eigenvalue weighted by Crippen LogP contribution is 2.31. The first-order valence-electron chi connectivity index (χ1n) is 9.70. The van der Waals surface area contributed by atoms with Crippen molar-refractivity contribution in [2.45, 2.75) is 44.6 Å². The van der Waals surface area contributed by atoms with Crippen molar-refractivity contribution in [3.63, 3.8) is 0 Å². The van der Waals surface area contributed by atoms with Crippen LogP contribution in [0.4, 0.5) is 0 Å². The van der Waals surface area contributed by atoms with Crippen LogP contribution in [0.15, 0.2) is 27.8 Å². The predicted octanol–water partition coefficient (Wildman–Crippen LogP) is 2.02. The lowest BCUT2D eigenvalue weighted by atomic mass is 9.88. The first-order chi connectivity index (χ1) is 12.3. The normalized spacial score (nSPS) is 21.4. The highest BCUT2D eigenvalue weighted by atomic mass is 16.5. The number of furan rings is 1. The van der Waals surface area contributed by atoms with E-state index in [0.717, 1.165) is 63.8 Å². The van der Waals surface area contributed by atoms with E-state index in [1.807, 2.05) is 12.1 Å². The van der Waals surface area contributed by atoms with Gasteiger partial charge in [0, 0.05) is 38.3 Å². The molecule has 2 aliphatic rings. The molecule has 0 radical (unpaired) electrons. The first-order valence-corrected chi connectivity index (χ1v) is 9.70. The Morgan fingerprint density at radius 1 is 1.24 bits per heavy atom. The third kappa shape index (κ3) is 4.98. The number of nitrogens with zero attached hydrogens (tertiary/aromatic N) is 2. The molecule has 0 aliphatic carbocycles. The minimum Gasteiger partial charge on any atom is -0.469 e. The molecule has 2 N–H and O–H groups in total. The van der Waals surface area contributed by atoms with Crippen molar-refractivity contribution in [2.24, 2.45) is 4.99 Å². The Bertz CT molecular complexity index is 518. The minimum atomic E-state index is 0.179. The van der Waals surface area contributed by atoms with E-state index in [1.54, 1.807) is 6.26 Å². The summed E-state index contributed by atoms with van der Waals surface area (Å²) < 4.78 is 11.0. The predicted molar refractivity (Wildman–Crippen MR) is 100.0 cm³/mol. The number of hydrogen-bond donors (Lipinski definition) is 2. The number of guanidine groups is 1. The van der Waals surface area contributed by atoms with Crippen molar-refractivity contribution in [3.05, 3.63) is 24.2 Å². The highest BCUT2D eigenvalue weighted by Gasteiger charge is 2.39. The molecule has 1 aromatic heterocycles. The fraction of sp³-hybridized carbons (Fsp3) is 0.737. The van der Waals surface area contributed by atoms with Crippen LogP contribution in [0.1, 0.15) is 38.4 Å². The molecule has 0 bridgehead atoms. The maximum Gasteiger partial charge on any atom is 0.191 e. The van der Waals surface area contributed by atoms with Gasteiger partial charge in [-0.2, -0.15) is 0 Å². The lowest BCUT2D eigenvalue weighted by molar-refractivity contribution is -0.0139. The van der Waals surface area contributed by atoms with Crippen LogP contribution in [-0.2, 0) is 11.2 Å². The molecule has 0 unspecified atom stereocenters. The summed E-state index contributed by atoms with van der Waals surface area (Å²) in [7, 11) is 0. The maximum absolute atomic E-state index is 5.63. The van der Waals surface area contributed by atoms with Crippen LogP contribution in [0.2, 0.25) is 0 Å². The zero-order chi connectivity index (χ0) is 17.4. The average Bonchev–Trinajstić information content (AvgIpc) is 3.34. The van der Waals surface area contributed by atoms with E-state index >= 15 is 0 Å². The van der Waals surface area contributed by atoms with Crippen molar-refractivity contribution >= 4 is 5.96 Å². The summed E-state index contributed by atoms with van der Waals surface area (Å²) in [5.74, 6) is 1.90. The van der Waals surface area contributed by atoms with Gasteiger partial charge in [0.2, 0.25) is 0 Å². The van der Waals surface area contributed by atoms with Crippen LogP contribution < -0.4 is 10.6 Å². The molecular formula is C19H32N4O2. The van der Waals surface area contributed by atoms with Crippen LogP contribution in [0, 0.1) is 0 Å². The standard InChI is InChI=1S/C19H32N4O2/c1-2-20-18(21-10-7-17-6-5-13-25-17)22-16-19(8-14-24-15-9-19)23-11-3-4-12-23/h5-6,13H,2-4,7-12,14-16H2,1H3,(H2,20,21,22). The number of likely N-dealkylation sites (tertiary alicyclic amines) is 1. The van der Waals surface area contributed by atoms with Crippen molar-refractivity contribution in [1.29, 1.82) is 0 Å². The Kier molecular flexibility index (Phi) is 6.76. The third-order valence-electron chi connectivity index (χ3n) is 5.32. The molecule has 0 amide bonds. The van der Waals surface area contributed by atoms with Gasteiger partial charge in [-0.25, -0.2) is 0 Å². The summed E-state index contributed by atoms with van der Waals surface area (Å²) in [6.07, 6.45) is 7.38. The van der Waals surface area contributed by atoms with E-state index in [2.05, 4.69) is 22.5 Å². The van der Waals surface area contributed by atoms with Gasteiger partial charge in [-0.1, -0.05) is 0 Å². The summed E-state index contributed by atoms with van der Waals surface area (Å²) in [5, 5.41) is 6.80. The SMILES string of the molecule is CCNC(=NCC1(N2CCCC2)CCOCC1)NCCc1ccco1. The fourth-order valence-electron chi connectivity index (χ4n) is 3.84. The molecule has 0 aromatic carbocycles. The molecule has 6 nitrogen and oxygen atoms in total. The van der Waals surface area contributed by atoms with Crippen LogP contribution in [0.3, 0.4) is 0 Å². The van der Waals surface area contributed by atoms with Gasteiger partial charge in [0.15, 0.2) is 5.96 Å². The smallest absolute Gasteiger partial charge is 0.191 e. The van der Waals surface area contributed by atoms with Gasteiger partial charge in [0.25, 0.3) is 0 Å². The van der Waals surface area contributed by atoms with Crippen molar-refractivity contribution < 1.29 is 9.15 Å². The minimum absolute atomic E-state index is 0.179. The van der Waals surface area contributed by atoms with Crippen LogP contribution in [-0.4, -0.2) is 62.3 Å². The quantitative estimate of drug-likeness (QED) is 0.583. The van der Waals surface area contributed by atoms with Gasteiger partial charge >= 0.3 is 0 Å². The molecule has 1 aromatic rings. The van der Waals surface area contributed by atoms with Gasteiger partial charge in [0.1, 0.15) is 5.76 Å². The molecule has 2 aliphatic heterocycles. The van der Waals surface area contributed by atoms with Gasteiger partial charge in [0.05, 0.1) is 12.8 Å². The second kappa shape index (κ2) is 9.25. The second-order valence-electron chi connectivity index (χ2n) is 6.98. The Balaban J connectivity index is 1.59. The van der Waals surface area contributed by atoms with E-state index in [4.69, 9.17) is 14.1 Å². The zero-order valence-corrected chi connectivity index (χ0v) is 15.4. The molecular weight excluding hydrogens is 316 g/mol. The summed E-state index contributed by atoms with van der Waals surface area (Å²) in [5.41, 5.74) is 0.179. The van der Waals surface area contributed by atoms with E-state index in [0.29, 0.717) is 0 Å². The van der Waals surface area contributed by atoms with Gasteiger partial charge < -0.3 is 19.8 Å². The monoisotopic (exact) mass is 348 g/mol. The Labute approximate surface area is 151 Å². The van der Waals surface area contributed by atoms with Crippen LogP contribution in [0.5, 0.6) is 0 Å². The Morgan fingerprint density at radius 3 is 2.72 bits per heavy atom. The summed E-state index contributed by atoms with van der Waals surface area (Å²) in [6, 6.07) is 3.94. The molecule has 0 spiro atoms. The zero-order valence-electron chi connectivity index (χ0n) is 15.4. The maximum atomic E-state index is 5.63. The molecule has 25 heavy (non-hydrogen) atoms. The first kappa shape index (κ1) is 18.3. The topological polar surface area (TPSA) is 62.0 Å². The van der Waals surface area contributed by atoms with Crippen molar-refractivity contribution in [1.82, 2.24) is 15.5 Å². The van der Waals surface area contributed by atoms with Crippen molar-refractivity contribution in [2.75, 3.05) is 45.9 Å².